The Morgan fingerprint density at radius 3 is 2.76 bits per heavy atom. The Bertz CT molecular complexity index is 1390. The van der Waals surface area contributed by atoms with Gasteiger partial charge in [-0.3, -0.25) is 14.9 Å². The van der Waals surface area contributed by atoms with E-state index in [0.717, 1.165) is 12.0 Å². The van der Waals surface area contributed by atoms with E-state index in [1.165, 1.54) is 34.7 Å². The van der Waals surface area contributed by atoms with E-state index in [4.69, 9.17) is 0 Å². The monoisotopic (exact) mass is 445 g/mol. The number of carboxylic acid groups (broad SMARTS) is 1. The molecule has 1 aliphatic carbocycles. The van der Waals surface area contributed by atoms with Crippen LogP contribution in [0.4, 0.5) is 11.4 Å². The number of nitrogens with one attached hydrogen (secondary N) is 1. The summed E-state index contributed by atoms with van der Waals surface area (Å²) in [6.45, 7) is 5.80. The largest absolute Gasteiger partial charge is 0.504 e. The van der Waals surface area contributed by atoms with Gasteiger partial charge in [0.2, 0.25) is 0 Å². The highest BCUT2D eigenvalue weighted by molar-refractivity contribution is 5.88. The Hall–Kier alpha value is -4.27. The summed E-state index contributed by atoms with van der Waals surface area (Å²) >= 11 is 0. The highest BCUT2D eigenvalue weighted by Gasteiger charge is 2.17. The van der Waals surface area contributed by atoms with Crippen LogP contribution in [0.25, 0.3) is 11.3 Å². The van der Waals surface area contributed by atoms with Crippen LogP contribution in [-0.2, 0) is 0 Å². The molecule has 0 saturated heterocycles. The lowest BCUT2D eigenvalue weighted by atomic mass is 9.91. The first-order valence-corrected chi connectivity index (χ1v) is 10.4. The smallest absolute Gasteiger partial charge is 0.335 e. The van der Waals surface area contributed by atoms with Crippen LogP contribution in [0.15, 0.2) is 69.3 Å². The predicted molar refractivity (Wildman–Crippen MR) is 124 cm³/mol. The van der Waals surface area contributed by atoms with Gasteiger partial charge in [0.1, 0.15) is 11.4 Å². The van der Waals surface area contributed by atoms with E-state index in [2.05, 4.69) is 33.3 Å². The van der Waals surface area contributed by atoms with Gasteiger partial charge < -0.3 is 10.2 Å². The number of aryl methyl sites for hydroxylation is 1. The Kier molecular flexibility index (Phi) is 5.78. The molecule has 33 heavy (non-hydrogen) atoms. The van der Waals surface area contributed by atoms with Gasteiger partial charge in [-0.05, 0) is 50.5 Å². The SMILES string of the molecule is CC1=CC(c2nccc(N=Nc3c(C)[nH]n(-c4cccc(C(=O)O)c4)c3=O)c2O)=CC(C)C1. The maximum atomic E-state index is 12.9. The minimum Gasteiger partial charge on any atom is -0.504 e. The van der Waals surface area contributed by atoms with E-state index in [1.807, 2.05) is 13.0 Å². The van der Waals surface area contributed by atoms with E-state index in [9.17, 15) is 19.8 Å². The highest BCUT2D eigenvalue weighted by Crippen LogP contribution is 2.37. The molecule has 1 aliphatic rings. The van der Waals surface area contributed by atoms with Crippen LogP contribution in [-0.4, -0.2) is 30.9 Å². The van der Waals surface area contributed by atoms with Crippen molar-refractivity contribution in [2.45, 2.75) is 27.2 Å². The molecule has 0 radical (unpaired) electrons. The van der Waals surface area contributed by atoms with Crippen molar-refractivity contribution in [3.63, 3.8) is 0 Å². The van der Waals surface area contributed by atoms with Crippen molar-refractivity contribution in [2.24, 2.45) is 16.1 Å². The van der Waals surface area contributed by atoms with Crippen LogP contribution in [0.2, 0.25) is 0 Å². The third-order valence-electron chi connectivity index (χ3n) is 5.34. The first-order valence-electron chi connectivity index (χ1n) is 10.4. The summed E-state index contributed by atoms with van der Waals surface area (Å²) in [7, 11) is 0. The molecule has 0 amide bonds. The number of nitrogens with zero attached hydrogens (tertiary/aromatic N) is 4. The lowest BCUT2D eigenvalue weighted by Gasteiger charge is -2.16. The lowest BCUT2D eigenvalue weighted by Crippen LogP contribution is -2.14. The van der Waals surface area contributed by atoms with Crippen molar-refractivity contribution in [3.05, 3.63) is 81.6 Å². The summed E-state index contributed by atoms with van der Waals surface area (Å²) in [6.07, 6.45) is 6.53. The number of hydrogen-bond acceptors (Lipinski definition) is 6. The van der Waals surface area contributed by atoms with Crippen LogP contribution in [0.1, 0.15) is 42.0 Å². The molecular weight excluding hydrogens is 422 g/mol. The molecule has 2 aromatic heterocycles. The Morgan fingerprint density at radius 1 is 1.24 bits per heavy atom. The molecule has 3 N–H and O–H groups in total. The topological polar surface area (TPSA) is 133 Å². The molecule has 0 aliphatic heterocycles. The fourth-order valence-electron chi connectivity index (χ4n) is 3.85. The lowest BCUT2D eigenvalue weighted by molar-refractivity contribution is 0.0697. The number of benzene rings is 1. The number of carboxylic acids is 1. The zero-order valence-corrected chi connectivity index (χ0v) is 18.4. The summed E-state index contributed by atoms with van der Waals surface area (Å²) < 4.78 is 1.20. The maximum Gasteiger partial charge on any atom is 0.335 e. The number of aromatic carboxylic acids is 1. The molecule has 3 aromatic rings. The van der Waals surface area contributed by atoms with Gasteiger partial charge in [0, 0.05) is 11.8 Å². The van der Waals surface area contributed by atoms with Crippen LogP contribution < -0.4 is 5.56 Å². The molecule has 4 rings (SSSR count). The van der Waals surface area contributed by atoms with Crippen LogP contribution in [0.3, 0.4) is 0 Å². The molecule has 0 bridgehead atoms. The van der Waals surface area contributed by atoms with Crippen LogP contribution in [0, 0.1) is 12.8 Å². The standard InChI is InChI=1S/C24H23N5O4/c1-13-9-14(2)11-17(10-13)21-22(30)19(7-8-25-21)26-27-20-15(3)28-29(23(20)31)18-6-4-5-16(12-18)24(32)33/h4-8,10-13,28,30H,9H2,1-3H3,(H,32,33). The second-order valence-corrected chi connectivity index (χ2v) is 8.10. The van der Waals surface area contributed by atoms with Gasteiger partial charge in [0.15, 0.2) is 11.4 Å². The molecule has 1 unspecified atom stereocenters. The number of pyridine rings is 1. The number of hydrogen-bond donors (Lipinski definition) is 3. The number of aromatic amines is 1. The molecule has 9 heteroatoms. The molecular formula is C24H23N5O4. The fraction of sp³-hybridized carbons (Fsp3) is 0.208. The maximum absolute atomic E-state index is 12.9. The van der Waals surface area contributed by atoms with E-state index < -0.39 is 11.5 Å². The Labute approximate surface area is 189 Å². The molecule has 1 atom stereocenters. The highest BCUT2D eigenvalue weighted by atomic mass is 16.4. The van der Waals surface area contributed by atoms with Crippen molar-refractivity contribution in [1.29, 1.82) is 0 Å². The summed E-state index contributed by atoms with van der Waals surface area (Å²) in [5.41, 5.74) is 3.03. The quantitative estimate of drug-likeness (QED) is 0.472. The van der Waals surface area contributed by atoms with Gasteiger partial charge in [0.25, 0.3) is 5.56 Å². The minimum absolute atomic E-state index is 0.0507. The third kappa shape index (κ3) is 4.38. The van der Waals surface area contributed by atoms with Gasteiger partial charge in [0.05, 0.1) is 16.9 Å². The molecule has 0 fully saturated rings. The van der Waals surface area contributed by atoms with Crippen molar-refractivity contribution < 1.29 is 15.0 Å². The van der Waals surface area contributed by atoms with Gasteiger partial charge >= 0.3 is 5.97 Å². The van der Waals surface area contributed by atoms with Crippen molar-refractivity contribution >= 4 is 22.9 Å². The minimum atomic E-state index is -1.09. The van der Waals surface area contributed by atoms with Crippen molar-refractivity contribution in [3.8, 4) is 11.4 Å². The van der Waals surface area contributed by atoms with E-state index >= 15 is 0 Å². The van der Waals surface area contributed by atoms with Gasteiger partial charge in [-0.1, -0.05) is 30.7 Å². The van der Waals surface area contributed by atoms with Crippen LogP contribution in [0.5, 0.6) is 5.75 Å². The number of rotatable bonds is 5. The number of aromatic hydroxyl groups is 1. The summed E-state index contributed by atoms with van der Waals surface area (Å²) in [4.78, 5) is 28.4. The zero-order chi connectivity index (χ0) is 23.7. The predicted octanol–water partition coefficient (Wildman–Crippen LogP) is 5.06. The fourth-order valence-corrected chi connectivity index (χ4v) is 3.85. The van der Waals surface area contributed by atoms with E-state index in [0.29, 0.717) is 23.0 Å². The van der Waals surface area contributed by atoms with Gasteiger partial charge in [-0.15, -0.1) is 10.2 Å². The molecule has 168 valence electrons. The molecule has 1 aromatic carbocycles. The number of aromatic nitrogens is 3. The number of azo groups is 1. The second kappa shape index (κ2) is 8.70. The first kappa shape index (κ1) is 21.9. The Balaban J connectivity index is 1.70. The van der Waals surface area contributed by atoms with Gasteiger partial charge in [-0.2, -0.15) is 0 Å². The number of carbonyl (C=O) groups is 1. The summed E-state index contributed by atoms with van der Waals surface area (Å²) in [6, 6.07) is 7.50. The van der Waals surface area contributed by atoms with E-state index in [1.54, 1.807) is 19.1 Å². The number of allylic oxidation sites excluding steroid dienone is 4. The van der Waals surface area contributed by atoms with E-state index in [-0.39, 0.29) is 22.7 Å². The average molecular weight is 445 g/mol. The normalized spacial score (nSPS) is 16.0. The van der Waals surface area contributed by atoms with Gasteiger partial charge in [-0.25, -0.2) is 9.48 Å². The zero-order valence-electron chi connectivity index (χ0n) is 18.4. The van der Waals surface area contributed by atoms with Crippen molar-refractivity contribution in [2.75, 3.05) is 0 Å². The molecule has 0 spiro atoms. The third-order valence-corrected chi connectivity index (χ3v) is 5.34. The van der Waals surface area contributed by atoms with Crippen molar-refractivity contribution in [1.82, 2.24) is 14.8 Å². The summed E-state index contributed by atoms with van der Waals surface area (Å²) in [5, 5.41) is 31.0. The number of H-pyrrole nitrogens is 1. The first-order chi connectivity index (χ1) is 15.7. The van der Waals surface area contributed by atoms with Crippen LogP contribution >= 0.6 is 0 Å². The average Bonchev–Trinajstić information content (AvgIpc) is 3.06. The Morgan fingerprint density at radius 2 is 2.03 bits per heavy atom. The molecule has 0 saturated carbocycles. The molecule has 9 nitrogen and oxygen atoms in total. The summed E-state index contributed by atoms with van der Waals surface area (Å²) in [5.74, 6) is -0.880. The second-order valence-electron chi connectivity index (χ2n) is 8.10. The molecule has 2 heterocycles.